The maximum Gasteiger partial charge on any atom is 0.261 e. The van der Waals surface area contributed by atoms with Crippen molar-refractivity contribution in [1.29, 1.82) is 0 Å². The van der Waals surface area contributed by atoms with Crippen LogP contribution in [0.4, 0.5) is 0 Å². The van der Waals surface area contributed by atoms with Gasteiger partial charge in [-0.05, 0) is 24.4 Å². The molecule has 0 unspecified atom stereocenters. The number of H-pyrrole nitrogens is 1. The van der Waals surface area contributed by atoms with Gasteiger partial charge in [-0.15, -0.1) is 0 Å². The number of aryl methyl sites for hydroxylation is 1. The highest BCUT2D eigenvalue weighted by molar-refractivity contribution is 5.86. The number of hydrogen-bond donors (Lipinski definition) is 1. The third-order valence-electron chi connectivity index (χ3n) is 2.04. The van der Waals surface area contributed by atoms with Crippen molar-refractivity contribution in [2.24, 2.45) is 0 Å². The highest BCUT2D eigenvalue weighted by Gasteiger charge is 2.07. The van der Waals surface area contributed by atoms with Crippen LogP contribution >= 0.6 is 0 Å². The summed E-state index contributed by atoms with van der Waals surface area (Å²) in [6, 6.07) is 3.68. The second-order valence-corrected chi connectivity index (χ2v) is 3.04. The van der Waals surface area contributed by atoms with Gasteiger partial charge in [-0.25, -0.2) is 4.98 Å². The fraction of sp³-hybridized carbons (Fsp3) is 0.200. The number of methoxy groups -OCH3 is 1. The first-order chi connectivity index (χ1) is 6.72. The number of nitrogens with one attached hydrogen (secondary N) is 1. The minimum Gasteiger partial charge on any atom is -0.480 e. The first-order valence-electron chi connectivity index (χ1n) is 4.25. The van der Waals surface area contributed by atoms with Gasteiger partial charge in [0, 0.05) is 11.9 Å². The second kappa shape index (κ2) is 3.14. The van der Waals surface area contributed by atoms with E-state index in [0.29, 0.717) is 11.3 Å². The number of ether oxygens (including phenoxy) is 1. The lowest BCUT2D eigenvalue weighted by Crippen LogP contribution is -2.07. The second-order valence-electron chi connectivity index (χ2n) is 3.04. The number of hydrogen-bond acceptors (Lipinski definition) is 3. The third kappa shape index (κ3) is 1.25. The number of nitrogens with zero attached hydrogens (tertiary/aromatic N) is 1. The molecule has 0 saturated carbocycles. The molecular weight excluding hydrogens is 180 g/mol. The van der Waals surface area contributed by atoms with Crippen LogP contribution in [0, 0.1) is 6.92 Å². The Bertz CT molecular complexity index is 531. The SMILES string of the molecule is COc1nc(C)cc2cc[nH]c(=O)c12. The topological polar surface area (TPSA) is 55.0 Å². The van der Waals surface area contributed by atoms with Crippen molar-refractivity contribution < 1.29 is 4.74 Å². The Kier molecular flexibility index (Phi) is 1.96. The molecule has 0 aliphatic carbocycles. The highest BCUT2D eigenvalue weighted by atomic mass is 16.5. The largest absolute Gasteiger partial charge is 0.480 e. The first-order valence-corrected chi connectivity index (χ1v) is 4.25. The molecule has 2 aromatic heterocycles. The van der Waals surface area contributed by atoms with E-state index < -0.39 is 0 Å². The van der Waals surface area contributed by atoms with E-state index in [1.165, 1.54) is 7.11 Å². The molecule has 0 radical (unpaired) electrons. The van der Waals surface area contributed by atoms with Gasteiger partial charge in [0.25, 0.3) is 5.56 Å². The molecule has 4 heteroatoms. The van der Waals surface area contributed by atoms with Gasteiger partial charge in [-0.1, -0.05) is 0 Å². The summed E-state index contributed by atoms with van der Waals surface area (Å²) < 4.78 is 5.06. The van der Waals surface area contributed by atoms with Gasteiger partial charge in [0.2, 0.25) is 5.88 Å². The number of rotatable bonds is 1. The summed E-state index contributed by atoms with van der Waals surface area (Å²) >= 11 is 0. The van der Waals surface area contributed by atoms with Crippen LogP contribution in [0.25, 0.3) is 10.8 Å². The van der Waals surface area contributed by atoms with E-state index in [2.05, 4.69) is 9.97 Å². The van der Waals surface area contributed by atoms with Crippen LogP contribution in [0.5, 0.6) is 5.88 Å². The van der Waals surface area contributed by atoms with E-state index in [1.807, 2.05) is 19.1 Å². The highest BCUT2D eigenvalue weighted by Crippen LogP contribution is 2.19. The summed E-state index contributed by atoms with van der Waals surface area (Å²) in [5.41, 5.74) is 0.659. The quantitative estimate of drug-likeness (QED) is 0.736. The van der Waals surface area contributed by atoms with Crippen molar-refractivity contribution in [3.8, 4) is 5.88 Å². The molecule has 2 aromatic rings. The van der Waals surface area contributed by atoms with Crippen LogP contribution in [0.3, 0.4) is 0 Å². The molecule has 0 atom stereocenters. The number of aromatic amines is 1. The van der Waals surface area contributed by atoms with Crippen molar-refractivity contribution in [2.75, 3.05) is 7.11 Å². The third-order valence-corrected chi connectivity index (χ3v) is 2.04. The molecule has 0 aliphatic rings. The fourth-order valence-corrected chi connectivity index (χ4v) is 1.46. The Balaban J connectivity index is 2.96. The maximum atomic E-state index is 11.5. The molecular formula is C10H10N2O2. The van der Waals surface area contributed by atoms with Crippen molar-refractivity contribution in [3.05, 3.63) is 34.4 Å². The Morgan fingerprint density at radius 2 is 2.29 bits per heavy atom. The summed E-state index contributed by atoms with van der Waals surface area (Å²) in [7, 11) is 1.51. The number of aromatic nitrogens is 2. The van der Waals surface area contributed by atoms with E-state index in [9.17, 15) is 4.79 Å². The monoisotopic (exact) mass is 190 g/mol. The molecule has 0 amide bonds. The van der Waals surface area contributed by atoms with Gasteiger partial charge in [-0.3, -0.25) is 4.79 Å². The average Bonchev–Trinajstić information content (AvgIpc) is 2.16. The van der Waals surface area contributed by atoms with Gasteiger partial charge >= 0.3 is 0 Å². The molecule has 0 fully saturated rings. The zero-order chi connectivity index (χ0) is 10.1. The summed E-state index contributed by atoms with van der Waals surface area (Å²) in [5, 5.41) is 1.35. The molecule has 72 valence electrons. The number of pyridine rings is 2. The van der Waals surface area contributed by atoms with Gasteiger partial charge in [0.1, 0.15) is 5.39 Å². The molecule has 0 aliphatic heterocycles. The average molecular weight is 190 g/mol. The van der Waals surface area contributed by atoms with Gasteiger partial charge < -0.3 is 9.72 Å². The van der Waals surface area contributed by atoms with Gasteiger partial charge in [0.05, 0.1) is 7.11 Å². The Morgan fingerprint density at radius 3 is 3.00 bits per heavy atom. The Morgan fingerprint density at radius 1 is 1.50 bits per heavy atom. The van der Waals surface area contributed by atoms with Crippen LogP contribution in [0.1, 0.15) is 5.69 Å². The van der Waals surface area contributed by atoms with E-state index >= 15 is 0 Å². The van der Waals surface area contributed by atoms with E-state index in [-0.39, 0.29) is 5.56 Å². The minimum absolute atomic E-state index is 0.174. The molecule has 0 spiro atoms. The lowest BCUT2D eigenvalue weighted by molar-refractivity contribution is 0.402. The van der Waals surface area contributed by atoms with Crippen molar-refractivity contribution >= 4 is 10.8 Å². The van der Waals surface area contributed by atoms with E-state index in [1.54, 1.807) is 6.20 Å². The van der Waals surface area contributed by atoms with Crippen molar-refractivity contribution in [2.45, 2.75) is 6.92 Å². The van der Waals surface area contributed by atoms with Gasteiger partial charge in [0.15, 0.2) is 0 Å². The molecule has 14 heavy (non-hydrogen) atoms. The van der Waals surface area contributed by atoms with Crippen LogP contribution in [-0.2, 0) is 0 Å². The molecule has 2 rings (SSSR count). The summed E-state index contributed by atoms with van der Waals surface area (Å²) in [6.07, 6.45) is 1.61. The normalized spacial score (nSPS) is 10.4. The van der Waals surface area contributed by atoms with Crippen LogP contribution in [0.15, 0.2) is 23.1 Å². The molecule has 2 heterocycles. The first kappa shape index (κ1) is 8.74. The predicted molar refractivity (Wildman–Crippen MR) is 53.7 cm³/mol. The Hall–Kier alpha value is -1.84. The van der Waals surface area contributed by atoms with E-state index in [4.69, 9.17) is 4.74 Å². The fourth-order valence-electron chi connectivity index (χ4n) is 1.46. The summed E-state index contributed by atoms with van der Waals surface area (Å²) in [6.45, 7) is 1.86. The summed E-state index contributed by atoms with van der Waals surface area (Å²) in [4.78, 5) is 18.2. The standard InChI is InChI=1S/C10H10N2O2/c1-6-5-7-3-4-11-9(13)8(7)10(12-6)14-2/h3-5H,1-2H3,(H,11,13). The molecule has 0 saturated heterocycles. The van der Waals surface area contributed by atoms with Crippen LogP contribution in [0.2, 0.25) is 0 Å². The lowest BCUT2D eigenvalue weighted by atomic mass is 10.2. The Labute approximate surface area is 80.6 Å². The zero-order valence-corrected chi connectivity index (χ0v) is 8.00. The summed E-state index contributed by atoms with van der Waals surface area (Å²) in [5.74, 6) is 0.377. The lowest BCUT2D eigenvalue weighted by Gasteiger charge is -2.04. The van der Waals surface area contributed by atoms with Crippen molar-refractivity contribution in [1.82, 2.24) is 9.97 Å². The number of fused-ring (bicyclic) bond motifs is 1. The van der Waals surface area contributed by atoms with Crippen molar-refractivity contribution in [3.63, 3.8) is 0 Å². The molecule has 1 N–H and O–H groups in total. The maximum absolute atomic E-state index is 11.5. The predicted octanol–water partition coefficient (Wildman–Crippen LogP) is 1.24. The van der Waals surface area contributed by atoms with Crippen LogP contribution in [-0.4, -0.2) is 17.1 Å². The smallest absolute Gasteiger partial charge is 0.261 e. The zero-order valence-electron chi connectivity index (χ0n) is 8.00. The van der Waals surface area contributed by atoms with Crippen LogP contribution < -0.4 is 10.3 Å². The van der Waals surface area contributed by atoms with Gasteiger partial charge in [-0.2, -0.15) is 0 Å². The minimum atomic E-state index is -0.174. The molecule has 0 bridgehead atoms. The van der Waals surface area contributed by atoms with E-state index in [0.717, 1.165) is 11.1 Å². The molecule has 4 nitrogen and oxygen atoms in total. The molecule has 0 aromatic carbocycles.